The molecule has 7 heteroatoms. The molecule has 0 radical (unpaired) electrons. The standard InChI is InChI=1S/C28H32N4O3/c1-19(2)22-9-6-10-23(15-22)30-27(33)21-11-13-31(14-12-21)28(34)26-24-17-35-25(16-32(24)18-29-26)20-7-4-3-5-8-20/h3-10,15,18-19,21,25H,11-14,16-17H2,1-2H3,(H,30,33)/t25-/m1/s1. The van der Waals surface area contributed by atoms with Crippen LogP contribution in [0.25, 0.3) is 0 Å². The van der Waals surface area contributed by atoms with E-state index in [1.807, 2.05) is 45.9 Å². The maximum absolute atomic E-state index is 13.2. The van der Waals surface area contributed by atoms with E-state index < -0.39 is 0 Å². The fourth-order valence-electron chi connectivity index (χ4n) is 4.89. The number of rotatable bonds is 5. The van der Waals surface area contributed by atoms with Gasteiger partial charge in [-0.2, -0.15) is 0 Å². The fraction of sp³-hybridized carbons (Fsp3) is 0.393. The minimum absolute atomic E-state index is 0.0257. The van der Waals surface area contributed by atoms with Gasteiger partial charge in [-0.25, -0.2) is 4.98 Å². The number of carbonyl (C=O) groups excluding carboxylic acids is 2. The smallest absolute Gasteiger partial charge is 0.274 e. The zero-order valence-electron chi connectivity index (χ0n) is 20.3. The molecule has 1 aromatic heterocycles. The summed E-state index contributed by atoms with van der Waals surface area (Å²) in [6.45, 7) is 6.36. The predicted octanol–water partition coefficient (Wildman–Crippen LogP) is 4.77. The summed E-state index contributed by atoms with van der Waals surface area (Å²) >= 11 is 0. The van der Waals surface area contributed by atoms with Gasteiger partial charge in [-0.3, -0.25) is 9.59 Å². The van der Waals surface area contributed by atoms with E-state index in [0.29, 0.717) is 50.7 Å². The van der Waals surface area contributed by atoms with Crippen molar-refractivity contribution in [2.75, 3.05) is 18.4 Å². The Kier molecular flexibility index (Phi) is 6.68. The van der Waals surface area contributed by atoms with E-state index in [1.54, 1.807) is 6.33 Å². The van der Waals surface area contributed by atoms with Crippen molar-refractivity contribution in [2.45, 2.75) is 51.9 Å². The molecule has 0 bridgehead atoms. The molecule has 1 fully saturated rings. The van der Waals surface area contributed by atoms with E-state index in [1.165, 1.54) is 5.56 Å². The number of anilines is 1. The van der Waals surface area contributed by atoms with Crippen LogP contribution in [0, 0.1) is 5.92 Å². The van der Waals surface area contributed by atoms with Crippen LogP contribution in [0.3, 0.4) is 0 Å². The summed E-state index contributed by atoms with van der Waals surface area (Å²) in [7, 11) is 0. The summed E-state index contributed by atoms with van der Waals surface area (Å²) in [6.07, 6.45) is 2.98. The molecule has 1 atom stereocenters. The number of ether oxygens (including phenoxy) is 1. The van der Waals surface area contributed by atoms with Crippen LogP contribution in [0.1, 0.15) is 66.0 Å². The van der Waals surface area contributed by atoms with Crippen LogP contribution in [0.2, 0.25) is 0 Å². The highest BCUT2D eigenvalue weighted by atomic mass is 16.5. The zero-order valence-corrected chi connectivity index (χ0v) is 20.3. The van der Waals surface area contributed by atoms with E-state index in [9.17, 15) is 9.59 Å². The molecule has 2 aliphatic heterocycles. The van der Waals surface area contributed by atoms with Crippen LogP contribution in [-0.2, 0) is 22.7 Å². The van der Waals surface area contributed by atoms with Gasteiger partial charge in [-0.05, 0) is 42.0 Å². The Balaban J connectivity index is 1.18. The van der Waals surface area contributed by atoms with Gasteiger partial charge < -0.3 is 19.5 Å². The molecule has 0 saturated carbocycles. The van der Waals surface area contributed by atoms with Gasteiger partial charge in [0.15, 0.2) is 5.69 Å². The number of piperidine rings is 1. The predicted molar refractivity (Wildman–Crippen MR) is 134 cm³/mol. The van der Waals surface area contributed by atoms with Crippen LogP contribution in [0.15, 0.2) is 60.9 Å². The molecule has 1 saturated heterocycles. The average Bonchev–Trinajstić information content (AvgIpc) is 3.32. The largest absolute Gasteiger partial charge is 0.365 e. The SMILES string of the molecule is CC(C)c1cccc(NC(=O)C2CCN(C(=O)c3ncn4c3CO[C@@H](c3ccccc3)C4)CC2)c1. The van der Waals surface area contributed by atoms with Crippen molar-refractivity contribution in [3.05, 3.63) is 83.4 Å². The lowest BCUT2D eigenvalue weighted by molar-refractivity contribution is -0.121. The van der Waals surface area contributed by atoms with Gasteiger partial charge in [0.05, 0.1) is 25.2 Å². The van der Waals surface area contributed by atoms with Gasteiger partial charge in [0.1, 0.15) is 6.10 Å². The molecule has 2 amide bonds. The molecule has 35 heavy (non-hydrogen) atoms. The number of imidazole rings is 1. The second-order valence-electron chi connectivity index (χ2n) is 9.74. The Morgan fingerprint density at radius 3 is 2.57 bits per heavy atom. The molecule has 0 unspecified atom stereocenters. The summed E-state index contributed by atoms with van der Waals surface area (Å²) in [6, 6.07) is 18.1. The number of benzene rings is 2. The van der Waals surface area contributed by atoms with E-state index in [4.69, 9.17) is 4.74 Å². The van der Waals surface area contributed by atoms with Crippen LogP contribution in [0.5, 0.6) is 0 Å². The van der Waals surface area contributed by atoms with Gasteiger partial charge in [-0.15, -0.1) is 0 Å². The highest BCUT2D eigenvalue weighted by Crippen LogP contribution is 2.29. The van der Waals surface area contributed by atoms with Gasteiger partial charge >= 0.3 is 0 Å². The number of carbonyl (C=O) groups is 2. The van der Waals surface area contributed by atoms with Gasteiger partial charge in [0.25, 0.3) is 5.91 Å². The zero-order chi connectivity index (χ0) is 24.4. The van der Waals surface area contributed by atoms with Crippen molar-refractivity contribution >= 4 is 17.5 Å². The van der Waals surface area contributed by atoms with Gasteiger partial charge in [-0.1, -0.05) is 56.3 Å². The summed E-state index contributed by atoms with van der Waals surface area (Å²) < 4.78 is 8.10. The van der Waals surface area contributed by atoms with Gasteiger partial charge in [0, 0.05) is 24.7 Å². The van der Waals surface area contributed by atoms with Crippen molar-refractivity contribution in [3.8, 4) is 0 Å². The van der Waals surface area contributed by atoms with E-state index in [-0.39, 0.29) is 23.8 Å². The molecule has 3 aromatic rings. The third-order valence-electron chi connectivity index (χ3n) is 7.08. The second kappa shape index (κ2) is 10.0. The van der Waals surface area contributed by atoms with E-state index in [0.717, 1.165) is 16.9 Å². The Morgan fingerprint density at radius 2 is 1.83 bits per heavy atom. The monoisotopic (exact) mass is 472 g/mol. The van der Waals surface area contributed by atoms with E-state index in [2.05, 4.69) is 42.3 Å². The number of hydrogen-bond acceptors (Lipinski definition) is 4. The first-order valence-corrected chi connectivity index (χ1v) is 12.4. The number of nitrogens with one attached hydrogen (secondary N) is 1. The first-order valence-electron chi connectivity index (χ1n) is 12.4. The van der Waals surface area contributed by atoms with Crippen molar-refractivity contribution in [3.63, 3.8) is 0 Å². The summed E-state index contributed by atoms with van der Waals surface area (Å²) in [4.78, 5) is 32.4. The van der Waals surface area contributed by atoms with Crippen LogP contribution >= 0.6 is 0 Å². The van der Waals surface area contributed by atoms with Crippen molar-refractivity contribution in [1.29, 1.82) is 0 Å². The lowest BCUT2D eigenvalue weighted by atomic mass is 9.95. The summed E-state index contributed by atoms with van der Waals surface area (Å²) in [5.74, 6) is 0.249. The lowest BCUT2D eigenvalue weighted by Crippen LogP contribution is -2.42. The minimum Gasteiger partial charge on any atom is -0.365 e. The summed E-state index contributed by atoms with van der Waals surface area (Å²) in [5, 5.41) is 3.06. The van der Waals surface area contributed by atoms with Gasteiger partial charge in [0.2, 0.25) is 5.91 Å². The molecule has 2 aliphatic rings. The normalized spacial score (nSPS) is 18.4. The Bertz CT molecular complexity index is 1200. The lowest BCUT2D eigenvalue weighted by Gasteiger charge is -2.31. The Labute approximate surface area is 206 Å². The third kappa shape index (κ3) is 5.00. The van der Waals surface area contributed by atoms with Crippen molar-refractivity contribution in [1.82, 2.24) is 14.5 Å². The molecular formula is C28H32N4O3. The number of nitrogens with zero attached hydrogens (tertiary/aromatic N) is 3. The first-order chi connectivity index (χ1) is 17.0. The second-order valence-corrected chi connectivity index (χ2v) is 9.74. The highest BCUT2D eigenvalue weighted by Gasteiger charge is 2.32. The summed E-state index contributed by atoms with van der Waals surface area (Å²) in [5.41, 5.74) is 4.44. The molecule has 3 heterocycles. The van der Waals surface area contributed by atoms with Crippen LogP contribution in [0.4, 0.5) is 5.69 Å². The van der Waals surface area contributed by atoms with E-state index >= 15 is 0 Å². The number of aromatic nitrogens is 2. The molecule has 1 N–H and O–H groups in total. The Morgan fingerprint density at radius 1 is 1.06 bits per heavy atom. The first kappa shape index (κ1) is 23.3. The van der Waals surface area contributed by atoms with Crippen molar-refractivity contribution < 1.29 is 14.3 Å². The molecular weight excluding hydrogens is 440 g/mol. The highest BCUT2D eigenvalue weighted by molar-refractivity contribution is 5.95. The fourth-order valence-corrected chi connectivity index (χ4v) is 4.89. The number of amides is 2. The minimum atomic E-state index is -0.104. The molecule has 182 valence electrons. The maximum Gasteiger partial charge on any atom is 0.274 e. The molecule has 0 aliphatic carbocycles. The molecule has 7 nitrogen and oxygen atoms in total. The molecule has 5 rings (SSSR count). The quantitative estimate of drug-likeness (QED) is 0.580. The maximum atomic E-state index is 13.2. The Hall–Kier alpha value is -3.45. The molecule has 2 aromatic carbocycles. The number of fused-ring (bicyclic) bond motifs is 1. The van der Waals surface area contributed by atoms with Crippen LogP contribution in [-0.4, -0.2) is 39.4 Å². The van der Waals surface area contributed by atoms with Crippen molar-refractivity contribution in [2.24, 2.45) is 5.92 Å². The molecule has 0 spiro atoms. The average molecular weight is 473 g/mol. The third-order valence-corrected chi connectivity index (χ3v) is 7.08. The number of likely N-dealkylation sites (tertiary alicyclic amines) is 1. The van der Waals surface area contributed by atoms with Crippen LogP contribution < -0.4 is 5.32 Å². The topological polar surface area (TPSA) is 76.5 Å². The number of hydrogen-bond donors (Lipinski definition) is 1.